The van der Waals surface area contributed by atoms with Gasteiger partial charge in [0.2, 0.25) is 10.0 Å². The van der Waals surface area contributed by atoms with Crippen molar-refractivity contribution < 1.29 is 13.2 Å². The van der Waals surface area contributed by atoms with E-state index in [-0.39, 0.29) is 10.5 Å². The van der Waals surface area contributed by atoms with Crippen molar-refractivity contribution in [2.45, 2.75) is 22.3 Å². The van der Waals surface area contributed by atoms with E-state index >= 15 is 0 Å². The molecule has 0 aliphatic heterocycles. The SMILES string of the molecule is COCCn1c(SCc2cccc(S(=O)(=O)N(C)C)c2)nc2ccccc2c1=O. The van der Waals surface area contributed by atoms with E-state index in [2.05, 4.69) is 4.98 Å². The second-order valence-electron chi connectivity index (χ2n) is 6.58. The zero-order chi connectivity index (χ0) is 21.0. The van der Waals surface area contributed by atoms with E-state index < -0.39 is 10.0 Å². The van der Waals surface area contributed by atoms with Gasteiger partial charge in [0, 0.05) is 27.0 Å². The van der Waals surface area contributed by atoms with Gasteiger partial charge in [-0.15, -0.1) is 0 Å². The minimum absolute atomic E-state index is 0.112. The number of thioether (sulfide) groups is 1. The molecular weight excluding hydrogens is 410 g/mol. The first-order valence-electron chi connectivity index (χ1n) is 8.97. The minimum Gasteiger partial charge on any atom is -0.383 e. The molecule has 0 aliphatic rings. The summed E-state index contributed by atoms with van der Waals surface area (Å²) in [5.74, 6) is 0.481. The van der Waals surface area contributed by atoms with Gasteiger partial charge in [-0.2, -0.15) is 0 Å². The van der Waals surface area contributed by atoms with Crippen LogP contribution in [0.25, 0.3) is 10.9 Å². The van der Waals surface area contributed by atoms with Crippen LogP contribution in [0.5, 0.6) is 0 Å². The Bertz CT molecular complexity index is 1170. The molecular formula is C20H23N3O4S2. The Morgan fingerprint density at radius 3 is 2.62 bits per heavy atom. The molecule has 29 heavy (non-hydrogen) atoms. The monoisotopic (exact) mass is 433 g/mol. The summed E-state index contributed by atoms with van der Waals surface area (Å²) in [6.07, 6.45) is 0. The molecule has 7 nitrogen and oxygen atoms in total. The molecule has 0 radical (unpaired) electrons. The number of sulfonamides is 1. The fourth-order valence-corrected chi connectivity index (χ4v) is 4.73. The number of rotatable bonds is 8. The lowest BCUT2D eigenvalue weighted by Crippen LogP contribution is -2.25. The van der Waals surface area contributed by atoms with Crippen molar-refractivity contribution in [1.82, 2.24) is 13.9 Å². The summed E-state index contributed by atoms with van der Waals surface area (Å²) < 4.78 is 32.7. The summed E-state index contributed by atoms with van der Waals surface area (Å²) in [7, 11) is 1.09. The van der Waals surface area contributed by atoms with Crippen LogP contribution in [0.4, 0.5) is 0 Å². The molecule has 0 fully saturated rings. The highest BCUT2D eigenvalue weighted by atomic mass is 32.2. The second-order valence-corrected chi connectivity index (χ2v) is 9.68. The van der Waals surface area contributed by atoms with Gasteiger partial charge in [0.1, 0.15) is 0 Å². The van der Waals surface area contributed by atoms with Gasteiger partial charge in [-0.1, -0.05) is 36.0 Å². The second kappa shape index (κ2) is 9.08. The van der Waals surface area contributed by atoms with Crippen LogP contribution >= 0.6 is 11.8 Å². The van der Waals surface area contributed by atoms with Crippen molar-refractivity contribution in [2.24, 2.45) is 0 Å². The molecule has 0 saturated carbocycles. The summed E-state index contributed by atoms with van der Waals surface area (Å²) in [4.78, 5) is 17.8. The Morgan fingerprint density at radius 1 is 1.14 bits per heavy atom. The number of fused-ring (bicyclic) bond motifs is 1. The average molecular weight is 434 g/mol. The Labute approximate surface area is 174 Å². The van der Waals surface area contributed by atoms with Gasteiger partial charge >= 0.3 is 0 Å². The number of benzene rings is 2. The fourth-order valence-electron chi connectivity index (χ4n) is 2.79. The molecule has 0 atom stereocenters. The van der Waals surface area contributed by atoms with Gasteiger partial charge in [0.25, 0.3) is 5.56 Å². The predicted molar refractivity (Wildman–Crippen MR) is 115 cm³/mol. The molecule has 9 heteroatoms. The van der Waals surface area contributed by atoms with Crippen molar-refractivity contribution >= 4 is 32.7 Å². The summed E-state index contributed by atoms with van der Waals surface area (Å²) >= 11 is 1.40. The molecule has 2 aromatic carbocycles. The lowest BCUT2D eigenvalue weighted by molar-refractivity contribution is 0.183. The highest BCUT2D eigenvalue weighted by molar-refractivity contribution is 7.98. The molecule has 0 amide bonds. The number of methoxy groups -OCH3 is 1. The van der Waals surface area contributed by atoms with Crippen LogP contribution in [0, 0.1) is 0 Å². The van der Waals surface area contributed by atoms with Gasteiger partial charge < -0.3 is 4.74 Å². The van der Waals surface area contributed by atoms with Gasteiger partial charge in [-0.25, -0.2) is 17.7 Å². The molecule has 0 unspecified atom stereocenters. The first-order valence-corrected chi connectivity index (χ1v) is 11.4. The Morgan fingerprint density at radius 2 is 1.90 bits per heavy atom. The van der Waals surface area contributed by atoms with E-state index in [0.29, 0.717) is 35.0 Å². The van der Waals surface area contributed by atoms with Gasteiger partial charge in [-0.3, -0.25) is 9.36 Å². The van der Waals surface area contributed by atoms with Crippen molar-refractivity contribution in [3.8, 4) is 0 Å². The van der Waals surface area contributed by atoms with Crippen molar-refractivity contribution in [3.63, 3.8) is 0 Å². The van der Waals surface area contributed by atoms with Crippen LogP contribution in [-0.2, 0) is 27.1 Å². The summed E-state index contributed by atoms with van der Waals surface area (Å²) in [5, 5.41) is 1.14. The number of nitrogens with zero attached hydrogens (tertiary/aromatic N) is 3. The lowest BCUT2D eigenvalue weighted by Gasteiger charge is -2.14. The smallest absolute Gasteiger partial charge is 0.262 e. The highest BCUT2D eigenvalue weighted by Crippen LogP contribution is 2.24. The Kier molecular flexibility index (Phi) is 6.74. The zero-order valence-electron chi connectivity index (χ0n) is 16.5. The van der Waals surface area contributed by atoms with Crippen LogP contribution in [0.1, 0.15) is 5.56 Å². The largest absolute Gasteiger partial charge is 0.383 e. The van der Waals surface area contributed by atoms with Gasteiger partial charge in [0.05, 0.1) is 29.0 Å². The first kappa shape index (κ1) is 21.5. The number of hydrogen-bond donors (Lipinski definition) is 0. The maximum Gasteiger partial charge on any atom is 0.262 e. The van der Waals surface area contributed by atoms with Crippen molar-refractivity contribution in [1.29, 1.82) is 0 Å². The quantitative estimate of drug-likeness (QED) is 0.401. The molecule has 0 aliphatic carbocycles. The molecule has 3 aromatic rings. The maximum absolute atomic E-state index is 12.9. The maximum atomic E-state index is 12.9. The number of aromatic nitrogens is 2. The molecule has 154 valence electrons. The third-order valence-electron chi connectivity index (χ3n) is 4.39. The summed E-state index contributed by atoms with van der Waals surface area (Å²) in [6, 6.07) is 14.0. The van der Waals surface area contributed by atoms with Crippen LogP contribution in [0.15, 0.2) is 63.4 Å². The Balaban J connectivity index is 1.93. The van der Waals surface area contributed by atoms with E-state index in [1.165, 1.54) is 30.2 Å². The standard InChI is InChI=1S/C20H23N3O4S2/c1-22(2)29(25,26)16-8-6-7-15(13-16)14-28-20-21-18-10-5-4-9-17(18)19(24)23(20)11-12-27-3/h4-10,13H,11-12,14H2,1-3H3. The van der Waals surface area contributed by atoms with Gasteiger partial charge in [-0.05, 0) is 29.8 Å². The average Bonchev–Trinajstić information content (AvgIpc) is 2.72. The van der Waals surface area contributed by atoms with Gasteiger partial charge in [0.15, 0.2) is 5.16 Å². The van der Waals surface area contributed by atoms with Crippen LogP contribution in [0.2, 0.25) is 0 Å². The highest BCUT2D eigenvalue weighted by Gasteiger charge is 2.17. The van der Waals surface area contributed by atoms with E-state index in [4.69, 9.17) is 4.74 Å². The topological polar surface area (TPSA) is 81.5 Å². The molecule has 1 aromatic heterocycles. The van der Waals surface area contributed by atoms with E-state index in [1.807, 2.05) is 24.3 Å². The predicted octanol–water partition coefficient (Wildman–Crippen LogP) is 2.59. The lowest BCUT2D eigenvalue weighted by atomic mass is 10.2. The van der Waals surface area contributed by atoms with Crippen LogP contribution < -0.4 is 5.56 Å². The molecule has 1 heterocycles. The number of hydrogen-bond acceptors (Lipinski definition) is 6. The summed E-state index contributed by atoms with van der Waals surface area (Å²) in [6.45, 7) is 0.786. The molecule has 0 bridgehead atoms. The Hall–Kier alpha value is -2.20. The van der Waals surface area contributed by atoms with Crippen molar-refractivity contribution in [2.75, 3.05) is 27.8 Å². The van der Waals surface area contributed by atoms with Crippen LogP contribution in [0.3, 0.4) is 0 Å². The molecule has 0 saturated heterocycles. The normalized spacial score (nSPS) is 12.0. The van der Waals surface area contributed by atoms with Crippen molar-refractivity contribution in [3.05, 3.63) is 64.4 Å². The third-order valence-corrected chi connectivity index (χ3v) is 7.25. The number of ether oxygens (including phenoxy) is 1. The van der Waals surface area contributed by atoms with E-state index in [9.17, 15) is 13.2 Å². The van der Waals surface area contributed by atoms with E-state index in [1.54, 1.807) is 35.9 Å². The van der Waals surface area contributed by atoms with E-state index in [0.717, 1.165) is 5.56 Å². The fraction of sp³-hybridized carbons (Fsp3) is 0.300. The number of para-hydroxylation sites is 1. The molecule has 0 spiro atoms. The minimum atomic E-state index is -3.50. The summed E-state index contributed by atoms with van der Waals surface area (Å²) in [5.41, 5.74) is 1.36. The first-order chi connectivity index (χ1) is 13.8. The third kappa shape index (κ3) is 4.69. The van der Waals surface area contributed by atoms with Crippen LogP contribution in [-0.4, -0.2) is 50.1 Å². The zero-order valence-corrected chi connectivity index (χ0v) is 18.2. The molecule has 3 rings (SSSR count). The molecule has 0 N–H and O–H groups in total.